The summed E-state index contributed by atoms with van der Waals surface area (Å²) < 4.78 is 5.43. The number of allylic oxidation sites excluding steroid dienone is 2. The third-order valence-corrected chi connectivity index (χ3v) is 5.16. The van der Waals surface area contributed by atoms with Crippen molar-refractivity contribution in [3.05, 3.63) is 12.2 Å². The van der Waals surface area contributed by atoms with E-state index in [2.05, 4.69) is 22.4 Å². The molecule has 2 fully saturated rings. The minimum absolute atomic E-state index is 0.0245. The molecule has 118 valence electrons. The van der Waals surface area contributed by atoms with Crippen LogP contribution in [0, 0.1) is 5.92 Å². The molecule has 1 amide bonds. The molecule has 0 spiro atoms. The molecule has 1 atom stereocenters. The Morgan fingerprint density at radius 3 is 2.71 bits per heavy atom. The first-order valence-electron chi connectivity index (χ1n) is 8.54. The van der Waals surface area contributed by atoms with Crippen LogP contribution in [0.1, 0.15) is 44.9 Å². The first kappa shape index (κ1) is 15.0. The van der Waals surface area contributed by atoms with Crippen molar-refractivity contribution < 1.29 is 9.53 Å². The molecule has 0 aromatic rings. The molecule has 0 bridgehead atoms. The minimum atomic E-state index is 0.0245. The average Bonchev–Trinajstić information content (AvgIpc) is 3.12. The Morgan fingerprint density at radius 2 is 2.05 bits per heavy atom. The highest BCUT2D eigenvalue weighted by atomic mass is 16.5. The summed E-state index contributed by atoms with van der Waals surface area (Å²) >= 11 is 0. The molecule has 1 saturated carbocycles. The highest BCUT2D eigenvalue weighted by molar-refractivity contribution is 5.77. The van der Waals surface area contributed by atoms with E-state index in [1.165, 1.54) is 12.8 Å². The van der Waals surface area contributed by atoms with Gasteiger partial charge in [-0.3, -0.25) is 9.69 Å². The lowest BCUT2D eigenvalue weighted by atomic mass is 9.95. The Bertz CT molecular complexity index is 382. The molecule has 4 heteroatoms. The van der Waals surface area contributed by atoms with Gasteiger partial charge in [-0.1, -0.05) is 25.0 Å². The monoisotopic (exact) mass is 292 g/mol. The van der Waals surface area contributed by atoms with Crippen LogP contribution in [0.4, 0.5) is 0 Å². The summed E-state index contributed by atoms with van der Waals surface area (Å²) in [6, 6.07) is 0. The van der Waals surface area contributed by atoms with Gasteiger partial charge in [-0.15, -0.1) is 0 Å². The van der Waals surface area contributed by atoms with E-state index in [0.717, 1.165) is 58.5 Å². The Morgan fingerprint density at radius 1 is 1.29 bits per heavy atom. The summed E-state index contributed by atoms with van der Waals surface area (Å²) in [5, 5.41) is 3.41. The summed E-state index contributed by atoms with van der Waals surface area (Å²) in [6.07, 6.45) is 12.1. The van der Waals surface area contributed by atoms with Crippen molar-refractivity contribution in [2.24, 2.45) is 5.92 Å². The van der Waals surface area contributed by atoms with Gasteiger partial charge in [0.15, 0.2) is 0 Å². The van der Waals surface area contributed by atoms with Crippen LogP contribution in [0.15, 0.2) is 12.2 Å². The zero-order valence-corrected chi connectivity index (χ0v) is 13.0. The SMILES string of the molecule is O=C(C[C@H]1C=CCC1)NC1(CN2CCOCC2)CCCC1. The molecule has 0 aromatic carbocycles. The van der Waals surface area contributed by atoms with Crippen molar-refractivity contribution in [1.82, 2.24) is 10.2 Å². The van der Waals surface area contributed by atoms with Gasteiger partial charge in [0.2, 0.25) is 5.91 Å². The lowest BCUT2D eigenvalue weighted by Crippen LogP contribution is -2.55. The summed E-state index contributed by atoms with van der Waals surface area (Å²) in [4.78, 5) is 14.9. The van der Waals surface area contributed by atoms with Crippen LogP contribution in [0.5, 0.6) is 0 Å². The van der Waals surface area contributed by atoms with Crippen molar-refractivity contribution in [3.63, 3.8) is 0 Å². The van der Waals surface area contributed by atoms with Crippen LogP contribution in [-0.2, 0) is 9.53 Å². The molecule has 0 unspecified atom stereocenters. The summed E-state index contributed by atoms with van der Waals surface area (Å²) in [5.41, 5.74) is 0.0245. The molecule has 1 aliphatic heterocycles. The second kappa shape index (κ2) is 6.93. The van der Waals surface area contributed by atoms with E-state index in [0.29, 0.717) is 12.3 Å². The normalized spacial score (nSPS) is 28.9. The number of carbonyl (C=O) groups is 1. The lowest BCUT2D eigenvalue weighted by molar-refractivity contribution is -0.124. The fraction of sp³-hybridized carbons (Fsp3) is 0.824. The van der Waals surface area contributed by atoms with Gasteiger partial charge < -0.3 is 10.1 Å². The van der Waals surface area contributed by atoms with Crippen LogP contribution >= 0.6 is 0 Å². The number of rotatable bonds is 5. The molecule has 3 aliphatic rings. The van der Waals surface area contributed by atoms with Crippen LogP contribution in [0.25, 0.3) is 0 Å². The highest BCUT2D eigenvalue weighted by Gasteiger charge is 2.37. The highest BCUT2D eigenvalue weighted by Crippen LogP contribution is 2.31. The first-order chi connectivity index (χ1) is 10.3. The fourth-order valence-corrected chi connectivity index (χ4v) is 4.01. The van der Waals surface area contributed by atoms with Gasteiger partial charge in [-0.05, 0) is 31.6 Å². The van der Waals surface area contributed by atoms with Crippen molar-refractivity contribution in [2.45, 2.75) is 50.5 Å². The number of nitrogens with zero attached hydrogens (tertiary/aromatic N) is 1. The number of amides is 1. The van der Waals surface area contributed by atoms with E-state index in [1.54, 1.807) is 0 Å². The summed E-state index contributed by atoms with van der Waals surface area (Å²) in [7, 11) is 0. The van der Waals surface area contributed by atoms with Crippen molar-refractivity contribution in [2.75, 3.05) is 32.8 Å². The topological polar surface area (TPSA) is 41.6 Å². The Hall–Kier alpha value is -0.870. The molecule has 0 radical (unpaired) electrons. The quantitative estimate of drug-likeness (QED) is 0.789. The summed E-state index contributed by atoms with van der Waals surface area (Å²) in [6.45, 7) is 4.67. The maximum Gasteiger partial charge on any atom is 0.221 e. The molecule has 0 aromatic heterocycles. The number of hydrogen-bond acceptors (Lipinski definition) is 3. The number of morpholine rings is 1. The maximum absolute atomic E-state index is 12.4. The van der Waals surface area contributed by atoms with Crippen molar-refractivity contribution >= 4 is 5.91 Å². The number of carbonyl (C=O) groups excluding carboxylic acids is 1. The van der Waals surface area contributed by atoms with E-state index in [1.807, 2.05) is 0 Å². The van der Waals surface area contributed by atoms with E-state index >= 15 is 0 Å². The van der Waals surface area contributed by atoms with Gasteiger partial charge in [-0.2, -0.15) is 0 Å². The molecule has 1 N–H and O–H groups in total. The largest absolute Gasteiger partial charge is 0.379 e. The zero-order valence-electron chi connectivity index (χ0n) is 13.0. The number of nitrogens with one attached hydrogen (secondary N) is 1. The molecule has 1 saturated heterocycles. The fourth-order valence-electron chi connectivity index (χ4n) is 4.01. The molecule has 21 heavy (non-hydrogen) atoms. The van der Waals surface area contributed by atoms with Gasteiger partial charge in [0, 0.05) is 26.1 Å². The zero-order chi connectivity index (χ0) is 14.5. The minimum Gasteiger partial charge on any atom is -0.379 e. The van der Waals surface area contributed by atoms with Crippen LogP contribution in [-0.4, -0.2) is 49.2 Å². The van der Waals surface area contributed by atoms with Crippen LogP contribution in [0.2, 0.25) is 0 Å². The van der Waals surface area contributed by atoms with E-state index < -0.39 is 0 Å². The summed E-state index contributed by atoms with van der Waals surface area (Å²) in [5.74, 6) is 0.716. The molecular weight excluding hydrogens is 264 g/mol. The molecule has 4 nitrogen and oxygen atoms in total. The van der Waals surface area contributed by atoms with Gasteiger partial charge in [-0.25, -0.2) is 0 Å². The number of ether oxygens (including phenoxy) is 1. The van der Waals surface area contributed by atoms with Crippen molar-refractivity contribution in [1.29, 1.82) is 0 Å². The number of hydrogen-bond donors (Lipinski definition) is 1. The third kappa shape index (κ3) is 4.07. The van der Waals surface area contributed by atoms with Gasteiger partial charge in [0.1, 0.15) is 0 Å². The molecule has 3 rings (SSSR count). The van der Waals surface area contributed by atoms with Crippen LogP contribution in [0.3, 0.4) is 0 Å². The maximum atomic E-state index is 12.4. The Labute approximate surface area is 127 Å². The van der Waals surface area contributed by atoms with Gasteiger partial charge in [0.05, 0.1) is 18.8 Å². The third-order valence-electron chi connectivity index (χ3n) is 5.16. The molecule has 1 heterocycles. The molecule has 2 aliphatic carbocycles. The van der Waals surface area contributed by atoms with Gasteiger partial charge >= 0.3 is 0 Å². The van der Waals surface area contributed by atoms with Gasteiger partial charge in [0.25, 0.3) is 0 Å². The van der Waals surface area contributed by atoms with E-state index in [4.69, 9.17) is 4.74 Å². The second-order valence-electron chi connectivity index (χ2n) is 6.89. The van der Waals surface area contributed by atoms with Crippen molar-refractivity contribution in [3.8, 4) is 0 Å². The second-order valence-corrected chi connectivity index (χ2v) is 6.89. The molecular formula is C17H28N2O2. The van der Waals surface area contributed by atoms with E-state index in [9.17, 15) is 4.79 Å². The standard InChI is InChI=1S/C17H28N2O2/c20-16(13-15-5-1-2-6-15)18-17(7-3-4-8-17)14-19-9-11-21-12-10-19/h1,5,15H,2-4,6-14H2,(H,18,20)/t15-/m0/s1. The van der Waals surface area contributed by atoms with Crippen LogP contribution < -0.4 is 5.32 Å². The van der Waals surface area contributed by atoms with E-state index in [-0.39, 0.29) is 11.4 Å². The first-order valence-corrected chi connectivity index (χ1v) is 8.54. The predicted octanol–water partition coefficient (Wildman–Crippen LogP) is 2.10. The average molecular weight is 292 g/mol. The predicted molar refractivity (Wildman–Crippen MR) is 83.1 cm³/mol. The lowest BCUT2D eigenvalue weighted by Gasteiger charge is -2.38. The Balaban J connectivity index is 1.54. The smallest absolute Gasteiger partial charge is 0.221 e. The Kier molecular flexibility index (Phi) is 4.96.